The van der Waals surface area contributed by atoms with Crippen LogP contribution in [0.25, 0.3) is 5.69 Å². The summed E-state index contributed by atoms with van der Waals surface area (Å²) in [5.41, 5.74) is 2.59. The van der Waals surface area contributed by atoms with E-state index in [1.54, 1.807) is 23.9 Å². The minimum Gasteiger partial charge on any atom is -0.378 e. The highest BCUT2D eigenvalue weighted by Gasteiger charge is 2.20. The van der Waals surface area contributed by atoms with Crippen molar-refractivity contribution in [1.82, 2.24) is 20.3 Å². The summed E-state index contributed by atoms with van der Waals surface area (Å²) in [7, 11) is 1.56. The number of nitrogens with one attached hydrogen (secondary N) is 1. The Hall–Kier alpha value is -2.70. The van der Waals surface area contributed by atoms with Crippen molar-refractivity contribution in [3.05, 3.63) is 76.6 Å². The lowest BCUT2D eigenvalue weighted by molar-refractivity contribution is 0.0940. The fourth-order valence-corrected chi connectivity index (χ4v) is 2.52. The van der Waals surface area contributed by atoms with Crippen LogP contribution >= 0.6 is 11.6 Å². The van der Waals surface area contributed by atoms with Gasteiger partial charge in [-0.2, -0.15) is 0 Å². The van der Waals surface area contributed by atoms with Gasteiger partial charge in [0.25, 0.3) is 5.91 Å². The van der Waals surface area contributed by atoms with Crippen molar-refractivity contribution in [2.24, 2.45) is 0 Å². The number of halogens is 1. The second-order valence-electron chi connectivity index (χ2n) is 5.37. The van der Waals surface area contributed by atoms with Crippen LogP contribution in [0.2, 0.25) is 5.02 Å². The molecule has 0 aliphatic heterocycles. The van der Waals surface area contributed by atoms with Crippen molar-refractivity contribution in [2.75, 3.05) is 7.11 Å². The number of hydrogen-bond acceptors (Lipinski definition) is 4. The van der Waals surface area contributed by atoms with Gasteiger partial charge in [0.05, 0.1) is 12.3 Å². The summed E-state index contributed by atoms with van der Waals surface area (Å²) in [6.07, 6.45) is 0. The molecule has 0 bridgehead atoms. The smallest absolute Gasteiger partial charge is 0.274 e. The van der Waals surface area contributed by atoms with Crippen LogP contribution in [0.15, 0.2) is 54.6 Å². The fraction of sp³-hybridized carbons (Fsp3) is 0.167. The third-order valence-electron chi connectivity index (χ3n) is 3.63. The van der Waals surface area contributed by atoms with Gasteiger partial charge in [0.1, 0.15) is 5.69 Å². The fourth-order valence-electron chi connectivity index (χ4n) is 2.40. The second-order valence-corrected chi connectivity index (χ2v) is 5.81. The van der Waals surface area contributed by atoms with Gasteiger partial charge in [0, 0.05) is 18.7 Å². The second kappa shape index (κ2) is 7.92. The SMILES string of the molecule is COCc1c(C(=O)NCc2ccccc2)nnn1-c1ccc(Cl)cc1. The zero-order chi connectivity index (χ0) is 17.6. The summed E-state index contributed by atoms with van der Waals surface area (Å²) in [5.74, 6) is -0.295. The van der Waals surface area contributed by atoms with Crippen molar-refractivity contribution in [3.63, 3.8) is 0 Å². The Kier molecular flexibility index (Phi) is 5.42. The van der Waals surface area contributed by atoms with E-state index in [0.29, 0.717) is 17.3 Å². The molecule has 0 aliphatic rings. The predicted molar refractivity (Wildman–Crippen MR) is 94.7 cm³/mol. The molecule has 7 heteroatoms. The number of nitrogens with zero attached hydrogens (tertiary/aromatic N) is 3. The van der Waals surface area contributed by atoms with E-state index in [-0.39, 0.29) is 18.2 Å². The number of rotatable bonds is 6. The molecule has 0 atom stereocenters. The van der Waals surface area contributed by atoms with Crippen LogP contribution < -0.4 is 5.32 Å². The molecule has 25 heavy (non-hydrogen) atoms. The third kappa shape index (κ3) is 4.04. The first-order valence-electron chi connectivity index (χ1n) is 7.70. The molecular weight excluding hydrogens is 340 g/mol. The molecule has 0 spiro atoms. The van der Waals surface area contributed by atoms with E-state index in [2.05, 4.69) is 15.6 Å². The van der Waals surface area contributed by atoms with Gasteiger partial charge >= 0.3 is 0 Å². The predicted octanol–water partition coefficient (Wildman–Crippen LogP) is 3.00. The van der Waals surface area contributed by atoms with Gasteiger partial charge in [-0.25, -0.2) is 4.68 Å². The molecule has 0 fully saturated rings. The Morgan fingerprint density at radius 3 is 2.56 bits per heavy atom. The van der Waals surface area contributed by atoms with Crippen LogP contribution in [-0.2, 0) is 17.9 Å². The summed E-state index contributed by atoms with van der Waals surface area (Å²) in [4.78, 5) is 12.5. The van der Waals surface area contributed by atoms with E-state index in [0.717, 1.165) is 11.3 Å². The van der Waals surface area contributed by atoms with E-state index in [1.165, 1.54) is 0 Å². The van der Waals surface area contributed by atoms with Gasteiger partial charge in [0.15, 0.2) is 5.69 Å². The van der Waals surface area contributed by atoms with Gasteiger partial charge in [-0.3, -0.25) is 4.79 Å². The Morgan fingerprint density at radius 2 is 1.88 bits per heavy atom. The van der Waals surface area contributed by atoms with E-state index in [9.17, 15) is 4.79 Å². The van der Waals surface area contributed by atoms with Gasteiger partial charge in [-0.05, 0) is 29.8 Å². The van der Waals surface area contributed by atoms with Crippen molar-refractivity contribution >= 4 is 17.5 Å². The first-order valence-corrected chi connectivity index (χ1v) is 8.08. The topological polar surface area (TPSA) is 69.0 Å². The molecule has 0 saturated carbocycles. The minimum atomic E-state index is -0.295. The molecule has 1 N–H and O–H groups in total. The molecule has 1 heterocycles. The molecule has 1 amide bonds. The standard InChI is InChI=1S/C18H17ClN4O2/c1-25-12-16-17(18(24)20-11-13-5-3-2-4-6-13)21-22-23(16)15-9-7-14(19)8-10-15/h2-10H,11-12H2,1H3,(H,20,24). The van der Waals surface area contributed by atoms with Crippen LogP contribution in [-0.4, -0.2) is 28.0 Å². The maximum absolute atomic E-state index is 12.5. The number of amides is 1. The average Bonchev–Trinajstić information content (AvgIpc) is 3.05. The van der Waals surface area contributed by atoms with Crippen LogP contribution in [0.4, 0.5) is 0 Å². The van der Waals surface area contributed by atoms with E-state index in [1.807, 2.05) is 42.5 Å². The Bertz CT molecular complexity index is 847. The molecule has 0 aliphatic carbocycles. The molecule has 3 aromatic rings. The quantitative estimate of drug-likeness (QED) is 0.737. The largest absolute Gasteiger partial charge is 0.378 e. The summed E-state index contributed by atoms with van der Waals surface area (Å²) in [6.45, 7) is 0.629. The zero-order valence-corrected chi connectivity index (χ0v) is 14.4. The van der Waals surface area contributed by atoms with Gasteiger partial charge in [-0.1, -0.05) is 47.1 Å². The highest BCUT2D eigenvalue weighted by Crippen LogP contribution is 2.17. The highest BCUT2D eigenvalue weighted by atomic mass is 35.5. The molecule has 0 radical (unpaired) electrons. The summed E-state index contributed by atoms with van der Waals surface area (Å²) < 4.78 is 6.80. The summed E-state index contributed by atoms with van der Waals surface area (Å²) in [5, 5.41) is 11.6. The van der Waals surface area contributed by atoms with Crippen LogP contribution in [0, 0.1) is 0 Å². The average molecular weight is 357 g/mol. The molecule has 0 saturated heterocycles. The number of methoxy groups -OCH3 is 1. The zero-order valence-electron chi connectivity index (χ0n) is 13.6. The van der Waals surface area contributed by atoms with Crippen LogP contribution in [0.3, 0.4) is 0 Å². The first-order chi connectivity index (χ1) is 12.2. The number of ether oxygens (including phenoxy) is 1. The van der Waals surface area contributed by atoms with Crippen molar-refractivity contribution < 1.29 is 9.53 Å². The Morgan fingerprint density at radius 1 is 1.16 bits per heavy atom. The summed E-state index contributed by atoms with van der Waals surface area (Å²) in [6, 6.07) is 16.8. The third-order valence-corrected chi connectivity index (χ3v) is 3.88. The normalized spacial score (nSPS) is 10.6. The van der Waals surface area contributed by atoms with Gasteiger partial charge < -0.3 is 10.1 Å². The first kappa shape index (κ1) is 17.1. The highest BCUT2D eigenvalue weighted by molar-refractivity contribution is 6.30. The number of carbonyl (C=O) groups excluding carboxylic acids is 1. The van der Waals surface area contributed by atoms with Crippen molar-refractivity contribution in [1.29, 1.82) is 0 Å². The van der Waals surface area contributed by atoms with E-state index < -0.39 is 0 Å². The molecule has 1 aromatic heterocycles. The molecule has 6 nitrogen and oxygen atoms in total. The molecule has 128 valence electrons. The maximum Gasteiger partial charge on any atom is 0.274 e. The monoisotopic (exact) mass is 356 g/mol. The molecule has 3 rings (SSSR count). The summed E-state index contributed by atoms with van der Waals surface area (Å²) >= 11 is 5.92. The number of carbonyl (C=O) groups is 1. The lowest BCUT2D eigenvalue weighted by Crippen LogP contribution is -2.24. The van der Waals surface area contributed by atoms with Gasteiger partial charge in [0.2, 0.25) is 0 Å². The lowest BCUT2D eigenvalue weighted by Gasteiger charge is -2.08. The Labute approximate surface area is 150 Å². The number of hydrogen-bond donors (Lipinski definition) is 1. The number of benzene rings is 2. The minimum absolute atomic E-state index is 0.212. The maximum atomic E-state index is 12.5. The van der Waals surface area contributed by atoms with E-state index >= 15 is 0 Å². The lowest BCUT2D eigenvalue weighted by atomic mass is 10.2. The molecular formula is C18H17ClN4O2. The van der Waals surface area contributed by atoms with Crippen LogP contribution in [0.5, 0.6) is 0 Å². The molecule has 2 aromatic carbocycles. The van der Waals surface area contributed by atoms with Crippen molar-refractivity contribution in [3.8, 4) is 5.69 Å². The number of aromatic nitrogens is 3. The Balaban J connectivity index is 1.83. The van der Waals surface area contributed by atoms with Crippen molar-refractivity contribution in [2.45, 2.75) is 13.2 Å². The van der Waals surface area contributed by atoms with Gasteiger partial charge in [-0.15, -0.1) is 5.10 Å². The van der Waals surface area contributed by atoms with Crippen LogP contribution in [0.1, 0.15) is 21.7 Å². The molecule has 0 unspecified atom stereocenters. The van der Waals surface area contributed by atoms with E-state index in [4.69, 9.17) is 16.3 Å².